The van der Waals surface area contributed by atoms with Crippen LogP contribution in [0.25, 0.3) is 0 Å². The maximum absolute atomic E-state index is 12.3. The number of alkyl halides is 3. The smallest absolute Gasteiger partial charge is 0.433 e. The van der Waals surface area contributed by atoms with E-state index in [1.165, 1.54) is 6.07 Å². The van der Waals surface area contributed by atoms with Crippen LogP contribution in [0.4, 0.5) is 18.9 Å². The van der Waals surface area contributed by atoms with Crippen LogP contribution >= 0.6 is 0 Å². The van der Waals surface area contributed by atoms with Crippen LogP contribution in [-0.2, 0) is 12.7 Å². The molecule has 1 aromatic carbocycles. The van der Waals surface area contributed by atoms with Crippen molar-refractivity contribution in [3.05, 3.63) is 53.9 Å². The molecular weight excluding hydrogens is 257 g/mol. The lowest BCUT2D eigenvalue weighted by Gasteiger charge is -2.09. The van der Waals surface area contributed by atoms with Gasteiger partial charge in [0.25, 0.3) is 0 Å². The molecule has 0 unspecified atom stereocenters. The normalized spacial score (nSPS) is 11.3. The Labute approximate surface area is 107 Å². The van der Waals surface area contributed by atoms with Gasteiger partial charge in [0.15, 0.2) is 0 Å². The Bertz CT molecular complexity index is 553. The van der Waals surface area contributed by atoms with Crippen LogP contribution in [0, 0.1) is 0 Å². The van der Waals surface area contributed by atoms with Crippen molar-refractivity contribution in [2.75, 3.05) is 5.32 Å². The third kappa shape index (κ3) is 3.37. The molecule has 2 aromatic rings. The number of rotatable bonds is 3. The molecular formula is C13H11F3N2O. The van der Waals surface area contributed by atoms with E-state index < -0.39 is 11.9 Å². The van der Waals surface area contributed by atoms with Gasteiger partial charge in [0.1, 0.15) is 11.4 Å². The first-order valence-corrected chi connectivity index (χ1v) is 5.51. The Morgan fingerprint density at radius 1 is 1.11 bits per heavy atom. The number of nitrogens with one attached hydrogen (secondary N) is 1. The van der Waals surface area contributed by atoms with Gasteiger partial charge >= 0.3 is 6.18 Å². The van der Waals surface area contributed by atoms with Crippen molar-refractivity contribution in [3.63, 3.8) is 0 Å². The highest BCUT2D eigenvalue weighted by atomic mass is 19.4. The van der Waals surface area contributed by atoms with Gasteiger partial charge in [0.05, 0.1) is 11.9 Å². The lowest BCUT2D eigenvalue weighted by Crippen LogP contribution is -2.08. The second-order valence-corrected chi connectivity index (χ2v) is 3.91. The average molecular weight is 268 g/mol. The third-order valence-corrected chi connectivity index (χ3v) is 2.53. The summed E-state index contributed by atoms with van der Waals surface area (Å²) in [6, 6.07) is 8.94. The molecule has 1 aromatic heterocycles. The number of para-hydroxylation sites is 1. The number of phenolic OH excluding ortho intramolecular Hbond substituents is 1. The fourth-order valence-electron chi connectivity index (χ4n) is 1.52. The van der Waals surface area contributed by atoms with Gasteiger partial charge in [-0.2, -0.15) is 13.2 Å². The van der Waals surface area contributed by atoms with Gasteiger partial charge in [-0.25, -0.2) is 4.98 Å². The van der Waals surface area contributed by atoms with E-state index in [1.807, 2.05) is 0 Å². The minimum absolute atomic E-state index is 0.134. The summed E-state index contributed by atoms with van der Waals surface area (Å²) in [5.74, 6) is 0.134. The number of hydrogen-bond acceptors (Lipinski definition) is 3. The highest BCUT2D eigenvalue weighted by Gasteiger charge is 2.31. The van der Waals surface area contributed by atoms with E-state index in [0.29, 0.717) is 17.8 Å². The van der Waals surface area contributed by atoms with Gasteiger partial charge in [-0.3, -0.25) is 0 Å². The summed E-state index contributed by atoms with van der Waals surface area (Å²) >= 11 is 0. The quantitative estimate of drug-likeness (QED) is 0.896. The topological polar surface area (TPSA) is 45.1 Å². The van der Waals surface area contributed by atoms with Crippen molar-refractivity contribution in [2.45, 2.75) is 12.7 Å². The number of phenols is 1. The number of aromatic hydroxyl groups is 1. The Balaban J connectivity index is 2.03. The number of benzene rings is 1. The second-order valence-electron chi connectivity index (χ2n) is 3.91. The summed E-state index contributed by atoms with van der Waals surface area (Å²) in [5.41, 5.74) is 0.180. The van der Waals surface area contributed by atoms with E-state index in [1.54, 1.807) is 24.3 Å². The number of pyridine rings is 1. The first-order chi connectivity index (χ1) is 8.97. The number of anilines is 1. The van der Waals surface area contributed by atoms with Crippen LogP contribution in [0.15, 0.2) is 42.6 Å². The molecule has 1 heterocycles. The summed E-state index contributed by atoms with van der Waals surface area (Å²) in [4.78, 5) is 3.33. The van der Waals surface area contributed by atoms with Crippen LogP contribution in [0.2, 0.25) is 0 Å². The predicted molar refractivity (Wildman–Crippen MR) is 64.7 cm³/mol. The monoisotopic (exact) mass is 268 g/mol. The molecule has 19 heavy (non-hydrogen) atoms. The zero-order chi connectivity index (χ0) is 13.9. The highest BCUT2D eigenvalue weighted by Crippen LogP contribution is 2.28. The molecule has 0 atom stereocenters. The molecule has 2 rings (SSSR count). The summed E-state index contributed by atoms with van der Waals surface area (Å²) in [5, 5.41) is 12.4. The van der Waals surface area contributed by atoms with E-state index in [0.717, 1.165) is 12.3 Å². The van der Waals surface area contributed by atoms with Crippen molar-refractivity contribution >= 4 is 5.69 Å². The van der Waals surface area contributed by atoms with Gasteiger partial charge in [0.2, 0.25) is 0 Å². The maximum atomic E-state index is 12.3. The van der Waals surface area contributed by atoms with E-state index in [-0.39, 0.29) is 5.75 Å². The minimum atomic E-state index is -4.43. The number of aromatic nitrogens is 1. The summed E-state index contributed by atoms with van der Waals surface area (Å²) in [6.07, 6.45) is -3.32. The van der Waals surface area contributed by atoms with Crippen molar-refractivity contribution in [2.24, 2.45) is 0 Å². The molecule has 0 aliphatic carbocycles. The Morgan fingerprint density at radius 2 is 1.84 bits per heavy atom. The van der Waals surface area contributed by atoms with Crippen LogP contribution in [-0.4, -0.2) is 10.1 Å². The minimum Gasteiger partial charge on any atom is -0.508 e. The van der Waals surface area contributed by atoms with Crippen molar-refractivity contribution in [3.8, 4) is 5.75 Å². The predicted octanol–water partition coefficient (Wildman–Crippen LogP) is 3.42. The molecule has 0 saturated heterocycles. The first-order valence-electron chi connectivity index (χ1n) is 5.51. The Hall–Kier alpha value is -2.24. The van der Waals surface area contributed by atoms with Crippen LogP contribution in [0.3, 0.4) is 0 Å². The van der Waals surface area contributed by atoms with E-state index in [9.17, 15) is 18.3 Å². The molecule has 0 aliphatic rings. The van der Waals surface area contributed by atoms with E-state index >= 15 is 0 Å². The molecule has 0 bridgehead atoms. The molecule has 100 valence electrons. The number of halogens is 3. The third-order valence-electron chi connectivity index (χ3n) is 2.53. The van der Waals surface area contributed by atoms with Crippen LogP contribution < -0.4 is 5.32 Å². The lowest BCUT2D eigenvalue weighted by molar-refractivity contribution is -0.141. The molecule has 0 saturated carbocycles. The highest BCUT2D eigenvalue weighted by molar-refractivity contribution is 5.43. The van der Waals surface area contributed by atoms with Gasteiger partial charge in [0, 0.05) is 12.1 Å². The average Bonchev–Trinajstić information content (AvgIpc) is 2.37. The fourth-order valence-corrected chi connectivity index (χ4v) is 1.52. The molecule has 0 radical (unpaired) electrons. The maximum Gasteiger partial charge on any atom is 0.433 e. The molecule has 3 nitrogen and oxygen atoms in total. The molecule has 6 heteroatoms. The zero-order valence-corrected chi connectivity index (χ0v) is 9.78. The molecule has 0 aliphatic heterocycles. The van der Waals surface area contributed by atoms with Gasteiger partial charge in [-0.05, 0) is 18.2 Å². The number of nitrogens with zero attached hydrogens (tertiary/aromatic N) is 1. The Kier molecular flexibility index (Phi) is 3.59. The van der Waals surface area contributed by atoms with Crippen molar-refractivity contribution in [1.82, 2.24) is 4.98 Å². The first kappa shape index (κ1) is 13.2. The summed E-state index contributed by atoms with van der Waals surface area (Å²) in [6.45, 7) is 0.305. The van der Waals surface area contributed by atoms with E-state index in [4.69, 9.17) is 0 Å². The van der Waals surface area contributed by atoms with Crippen LogP contribution in [0.1, 0.15) is 11.3 Å². The van der Waals surface area contributed by atoms with Gasteiger partial charge in [-0.15, -0.1) is 0 Å². The molecule has 0 fully saturated rings. The lowest BCUT2D eigenvalue weighted by atomic mass is 10.2. The summed E-state index contributed by atoms with van der Waals surface area (Å²) < 4.78 is 36.9. The van der Waals surface area contributed by atoms with Crippen molar-refractivity contribution in [1.29, 1.82) is 0 Å². The molecule has 0 amide bonds. The fraction of sp³-hybridized carbons (Fsp3) is 0.154. The van der Waals surface area contributed by atoms with Gasteiger partial charge < -0.3 is 10.4 Å². The Morgan fingerprint density at radius 3 is 2.42 bits per heavy atom. The molecule has 0 spiro atoms. The standard InChI is InChI=1S/C13H11F3N2O/c14-13(15,16)12-6-5-10(8-18-12)17-7-9-3-1-2-4-11(9)19/h1-6,8,17,19H,7H2. The SMILES string of the molecule is Oc1ccccc1CNc1ccc(C(F)(F)F)nc1. The summed E-state index contributed by atoms with van der Waals surface area (Å²) in [7, 11) is 0. The number of hydrogen-bond donors (Lipinski definition) is 2. The second kappa shape index (κ2) is 5.17. The van der Waals surface area contributed by atoms with E-state index in [2.05, 4.69) is 10.3 Å². The largest absolute Gasteiger partial charge is 0.508 e. The van der Waals surface area contributed by atoms with Gasteiger partial charge in [-0.1, -0.05) is 18.2 Å². The van der Waals surface area contributed by atoms with Crippen LogP contribution in [0.5, 0.6) is 5.75 Å². The zero-order valence-electron chi connectivity index (χ0n) is 9.78. The van der Waals surface area contributed by atoms with Crippen molar-refractivity contribution < 1.29 is 18.3 Å². The molecule has 2 N–H and O–H groups in total.